The Hall–Kier alpha value is -5.77. The van der Waals surface area contributed by atoms with Crippen molar-refractivity contribution in [1.82, 2.24) is 19.6 Å². The van der Waals surface area contributed by atoms with Crippen LogP contribution in [0.3, 0.4) is 0 Å². The summed E-state index contributed by atoms with van der Waals surface area (Å²) in [5, 5.41) is 41.6. The van der Waals surface area contributed by atoms with Gasteiger partial charge in [-0.1, -0.05) is 93.3 Å². The number of fused-ring (bicyclic) bond motifs is 4. The van der Waals surface area contributed by atoms with Crippen LogP contribution in [0.2, 0.25) is 0 Å². The molecule has 6 atom stereocenters. The van der Waals surface area contributed by atoms with Gasteiger partial charge in [0.1, 0.15) is 18.2 Å². The third kappa shape index (κ3) is 11.2. The van der Waals surface area contributed by atoms with Gasteiger partial charge in [0, 0.05) is 4.43 Å². The van der Waals surface area contributed by atoms with Crippen molar-refractivity contribution in [1.29, 1.82) is 0 Å². The average Bonchev–Trinajstić information content (AvgIpc) is 3.95. The van der Waals surface area contributed by atoms with E-state index in [0.29, 0.717) is 11.1 Å². The Morgan fingerprint density at radius 2 is 1.13 bits per heavy atom. The number of nitrogens with zero attached hydrogens (tertiary/aromatic N) is 4. The second-order valence-corrected chi connectivity index (χ2v) is 19.6. The van der Waals surface area contributed by atoms with E-state index in [9.17, 15) is 32.9 Å². The molecule has 0 aliphatic heterocycles. The van der Waals surface area contributed by atoms with Crippen molar-refractivity contribution in [3.05, 3.63) is 191 Å². The standard InChI is InChI=1S/C28H28F2N2O2.C25H24F2N2O2.C3H5I.2CH4/c1-3-13-34-26-14-18(7-12-24(26)30)27(33)23-6-4-5-20-15-25-19(16-28(20,23)2)17-31-32(25)22-10-8-21(29)9-11-22;1-25-13-16-14-28-29(19-8-6-18(26)7-9-19)22(16)12-17(25)3-2-4-20(25)24(31)15-5-10-21(27)23(30)11-15;1-2-3-4;;/h3,7-12,14-15,17,23,27,33H,1,4-6,13,16H2,2H3;5-12,14,20,24,30-31H,2-4,13H2,1H3;2H,1,3H2;2*1H4/t23-,27+,28+;20-,24+,25+;;;/m11.../s1. The number of ether oxygens (including phenoxy) is 1. The lowest BCUT2D eigenvalue weighted by Gasteiger charge is -2.47. The summed E-state index contributed by atoms with van der Waals surface area (Å²) in [6.07, 6.45) is 16.9. The highest BCUT2D eigenvalue weighted by Gasteiger charge is 2.48. The molecule has 0 unspecified atom stereocenters. The summed E-state index contributed by atoms with van der Waals surface area (Å²) in [7, 11) is 0. The third-order valence-corrected chi connectivity index (χ3v) is 15.1. The fourth-order valence-electron chi connectivity index (χ4n) is 10.9. The highest BCUT2D eigenvalue weighted by Crippen LogP contribution is 2.56. The predicted molar refractivity (Wildman–Crippen MR) is 284 cm³/mol. The van der Waals surface area contributed by atoms with Gasteiger partial charge in [-0.3, -0.25) is 0 Å². The molecular formula is C58H65F4IN4O4. The lowest BCUT2D eigenvalue weighted by molar-refractivity contribution is 0.0213. The van der Waals surface area contributed by atoms with E-state index in [2.05, 4.69) is 71.9 Å². The molecule has 4 aliphatic carbocycles. The van der Waals surface area contributed by atoms with Crippen molar-refractivity contribution in [3.63, 3.8) is 0 Å². The summed E-state index contributed by atoms with van der Waals surface area (Å²) in [4.78, 5) is 0. The van der Waals surface area contributed by atoms with Gasteiger partial charge in [-0.05, 0) is 181 Å². The summed E-state index contributed by atoms with van der Waals surface area (Å²) in [5.74, 6) is -2.14. The van der Waals surface area contributed by atoms with Crippen LogP contribution in [0.5, 0.6) is 11.5 Å². The second-order valence-electron chi connectivity index (χ2n) is 18.7. The van der Waals surface area contributed by atoms with Crippen LogP contribution in [-0.4, -0.2) is 45.9 Å². The van der Waals surface area contributed by atoms with E-state index in [1.54, 1.807) is 48.5 Å². The van der Waals surface area contributed by atoms with Gasteiger partial charge in [0.25, 0.3) is 0 Å². The van der Waals surface area contributed by atoms with Gasteiger partial charge in [-0.15, -0.1) is 6.58 Å². The maximum atomic E-state index is 14.2. The van der Waals surface area contributed by atoms with E-state index in [0.717, 1.165) is 89.7 Å². The predicted octanol–water partition coefficient (Wildman–Crippen LogP) is 14.4. The Bertz CT molecular complexity index is 2880. The maximum absolute atomic E-state index is 14.2. The monoisotopic (exact) mass is 1080 g/mol. The summed E-state index contributed by atoms with van der Waals surface area (Å²) in [6, 6.07) is 21.3. The number of aromatic nitrogens is 4. The Labute approximate surface area is 429 Å². The van der Waals surface area contributed by atoms with Crippen molar-refractivity contribution in [3.8, 4) is 22.9 Å². The van der Waals surface area contributed by atoms with E-state index in [1.165, 1.54) is 53.6 Å². The van der Waals surface area contributed by atoms with Gasteiger partial charge in [-0.25, -0.2) is 26.9 Å². The Kier molecular flexibility index (Phi) is 17.8. The van der Waals surface area contributed by atoms with Crippen molar-refractivity contribution < 1.29 is 37.6 Å². The normalized spacial score (nSPS) is 21.4. The van der Waals surface area contributed by atoms with E-state index in [1.807, 2.05) is 27.8 Å². The minimum absolute atomic E-state index is 0. The van der Waals surface area contributed by atoms with Crippen LogP contribution in [0.4, 0.5) is 17.6 Å². The van der Waals surface area contributed by atoms with Crippen molar-refractivity contribution in [2.75, 3.05) is 11.0 Å². The molecule has 0 spiro atoms. The lowest BCUT2D eigenvalue weighted by Crippen LogP contribution is -2.40. The van der Waals surface area contributed by atoms with Crippen molar-refractivity contribution >= 4 is 34.7 Å². The molecule has 10 rings (SSSR count). The Morgan fingerprint density at radius 3 is 1.55 bits per heavy atom. The van der Waals surface area contributed by atoms with E-state index in [4.69, 9.17) is 4.74 Å². The van der Waals surface area contributed by atoms with Crippen LogP contribution in [0, 0.1) is 45.9 Å². The number of aliphatic hydroxyl groups is 2. The van der Waals surface area contributed by atoms with Gasteiger partial charge in [0.2, 0.25) is 0 Å². The fraction of sp³-hybridized carbons (Fsp3) is 0.345. The molecule has 0 radical (unpaired) electrons. The number of hydrogen-bond donors (Lipinski definition) is 3. The highest BCUT2D eigenvalue weighted by molar-refractivity contribution is 14.1. The first-order chi connectivity index (χ1) is 33.2. The summed E-state index contributed by atoms with van der Waals surface area (Å²) in [5.41, 5.74) is 8.99. The number of alkyl halides is 1. The van der Waals surface area contributed by atoms with E-state index >= 15 is 0 Å². The molecule has 71 heavy (non-hydrogen) atoms. The number of aliphatic hydroxyl groups excluding tert-OH is 2. The van der Waals surface area contributed by atoms with Gasteiger partial charge < -0.3 is 20.1 Å². The molecule has 4 aliphatic rings. The van der Waals surface area contributed by atoms with E-state index < -0.39 is 29.6 Å². The van der Waals surface area contributed by atoms with Crippen LogP contribution in [0.15, 0.2) is 134 Å². The number of phenols is 1. The van der Waals surface area contributed by atoms with Crippen LogP contribution in [0.25, 0.3) is 23.5 Å². The molecule has 2 aromatic heterocycles. The first-order valence-corrected chi connectivity index (χ1v) is 24.8. The molecule has 2 fully saturated rings. The second kappa shape index (κ2) is 23.2. The topological polar surface area (TPSA) is 106 Å². The average molecular weight is 1090 g/mol. The minimum atomic E-state index is -0.811. The van der Waals surface area contributed by atoms with Crippen LogP contribution in [-0.2, 0) is 12.8 Å². The van der Waals surface area contributed by atoms with Gasteiger partial charge in [0.05, 0.1) is 47.4 Å². The minimum Gasteiger partial charge on any atom is -0.505 e. The Morgan fingerprint density at radius 1 is 0.690 bits per heavy atom. The number of allylic oxidation sites excluding steroid dienone is 3. The highest BCUT2D eigenvalue weighted by atomic mass is 127. The summed E-state index contributed by atoms with van der Waals surface area (Å²) < 4.78 is 64.6. The smallest absolute Gasteiger partial charge is 0.165 e. The van der Waals surface area contributed by atoms with E-state index in [-0.39, 0.29) is 61.5 Å². The van der Waals surface area contributed by atoms with Crippen LogP contribution in [0.1, 0.15) is 113 Å². The zero-order valence-electron chi connectivity index (χ0n) is 38.8. The molecule has 376 valence electrons. The molecule has 6 aromatic rings. The van der Waals surface area contributed by atoms with Gasteiger partial charge in [-0.2, -0.15) is 10.2 Å². The number of benzene rings is 4. The number of phenolic OH excluding ortho intramolecular Hbond substituents is 1. The lowest BCUT2D eigenvalue weighted by atomic mass is 9.57. The molecule has 0 saturated heterocycles. The largest absolute Gasteiger partial charge is 0.505 e. The molecule has 13 heteroatoms. The van der Waals surface area contributed by atoms with Gasteiger partial charge >= 0.3 is 0 Å². The number of aromatic hydroxyl groups is 1. The number of rotatable bonds is 10. The molecule has 3 N–H and O–H groups in total. The number of hydrogen-bond acceptors (Lipinski definition) is 6. The zero-order valence-corrected chi connectivity index (χ0v) is 40.9. The molecule has 0 bridgehead atoms. The van der Waals surface area contributed by atoms with Crippen molar-refractivity contribution in [2.24, 2.45) is 22.7 Å². The summed E-state index contributed by atoms with van der Waals surface area (Å²) >= 11 is 2.23. The molecule has 4 aromatic carbocycles. The fourth-order valence-corrected chi connectivity index (χ4v) is 10.9. The molecular weight excluding hydrogens is 1020 g/mol. The molecule has 0 amide bonds. The van der Waals surface area contributed by atoms with Crippen LogP contribution < -0.4 is 4.74 Å². The molecule has 8 nitrogen and oxygen atoms in total. The quantitative estimate of drug-likeness (QED) is 0.0546. The van der Waals surface area contributed by atoms with Crippen LogP contribution >= 0.6 is 22.6 Å². The molecule has 2 saturated carbocycles. The first-order valence-electron chi connectivity index (χ1n) is 23.3. The third-order valence-electron chi connectivity index (χ3n) is 14.5. The summed E-state index contributed by atoms with van der Waals surface area (Å²) in [6.45, 7) is 11.7. The molecule has 2 heterocycles. The van der Waals surface area contributed by atoms with Crippen molar-refractivity contribution in [2.45, 2.75) is 92.3 Å². The SMILES string of the molecule is C.C.C=CCI.C=CCOc1cc([C@H](O)[C@H]2CCCC3=Cc4c(cnn4-c4ccc(F)cc4)C[C@@]32C)ccc1F.C[C@]12Cc3cnn(-c4ccc(F)cc4)c3C=C1CCC[C@@H]2[C@@H](O)c1ccc(F)c(O)c1. The first kappa shape index (κ1) is 54.6. The Balaban J connectivity index is 0.000000211. The zero-order chi connectivity index (χ0) is 49.0. The van der Waals surface area contributed by atoms with Gasteiger partial charge in [0.15, 0.2) is 23.1 Å². The maximum Gasteiger partial charge on any atom is 0.165 e. The number of halogens is 5.